The third kappa shape index (κ3) is 2.64. The predicted molar refractivity (Wildman–Crippen MR) is 66.1 cm³/mol. The zero-order chi connectivity index (χ0) is 12.3. The number of carbonyl (C=O) groups is 1. The summed E-state index contributed by atoms with van der Waals surface area (Å²) >= 11 is 0. The smallest absolute Gasteiger partial charge is 0.176 e. The van der Waals surface area contributed by atoms with Crippen LogP contribution in [0.5, 0.6) is 0 Å². The molecular formula is C13H17FN2O. The molecule has 0 spiro atoms. The number of rotatable bonds is 4. The van der Waals surface area contributed by atoms with Crippen LogP contribution in [0, 0.1) is 5.82 Å². The Hall–Kier alpha value is -1.42. The van der Waals surface area contributed by atoms with Crippen molar-refractivity contribution in [2.45, 2.75) is 12.8 Å². The van der Waals surface area contributed by atoms with Crippen LogP contribution in [0.25, 0.3) is 0 Å². The molecular weight excluding hydrogens is 219 g/mol. The highest BCUT2D eigenvalue weighted by atomic mass is 19.1. The topological polar surface area (TPSA) is 32.3 Å². The average Bonchev–Trinajstić information content (AvgIpc) is 2.82. The summed E-state index contributed by atoms with van der Waals surface area (Å²) in [5, 5.41) is 2.77. The number of benzene rings is 1. The Kier molecular flexibility index (Phi) is 3.74. The number of halogens is 1. The van der Waals surface area contributed by atoms with E-state index in [0.29, 0.717) is 11.3 Å². The Morgan fingerprint density at radius 2 is 2.12 bits per heavy atom. The van der Waals surface area contributed by atoms with E-state index in [9.17, 15) is 9.18 Å². The lowest BCUT2D eigenvalue weighted by molar-refractivity contribution is 0.0993. The zero-order valence-corrected chi connectivity index (χ0v) is 10.0. The van der Waals surface area contributed by atoms with E-state index in [4.69, 9.17) is 0 Å². The van der Waals surface area contributed by atoms with Gasteiger partial charge >= 0.3 is 0 Å². The number of ketones is 1. The lowest BCUT2D eigenvalue weighted by atomic mass is 10.1. The summed E-state index contributed by atoms with van der Waals surface area (Å²) < 4.78 is 13.9. The van der Waals surface area contributed by atoms with Gasteiger partial charge in [0.2, 0.25) is 0 Å². The van der Waals surface area contributed by atoms with Gasteiger partial charge in [0.05, 0.1) is 12.2 Å². The van der Waals surface area contributed by atoms with E-state index >= 15 is 0 Å². The molecule has 0 aromatic heterocycles. The molecule has 1 heterocycles. The average molecular weight is 236 g/mol. The predicted octanol–water partition coefficient (Wildman–Crippen LogP) is 1.83. The van der Waals surface area contributed by atoms with E-state index in [-0.39, 0.29) is 18.1 Å². The first-order valence-electron chi connectivity index (χ1n) is 5.94. The summed E-state index contributed by atoms with van der Waals surface area (Å²) in [5.74, 6) is -0.381. The number of nitrogens with one attached hydrogen (secondary N) is 1. The van der Waals surface area contributed by atoms with E-state index in [1.807, 2.05) is 4.90 Å². The van der Waals surface area contributed by atoms with Gasteiger partial charge in [0.25, 0.3) is 0 Å². The van der Waals surface area contributed by atoms with Gasteiger partial charge in [0.1, 0.15) is 5.82 Å². The van der Waals surface area contributed by atoms with Crippen molar-refractivity contribution < 1.29 is 9.18 Å². The van der Waals surface area contributed by atoms with Gasteiger partial charge in [0.15, 0.2) is 5.78 Å². The fraction of sp³-hybridized carbons (Fsp3) is 0.462. The van der Waals surface area contributed by atoms with Crippen molar-refractivity contribution in [2.24, 2.45) is 0 Å². The number of hydrogen-bond acceptors (Lipinski definition) is 3. The number of hydrogen-bond donors (Lipinski definition) is 1. The van der Waals surface area contributed by atoms with Gasteiger partial charge in [-0.2, -0.15) is 0 Å². The number of anilines is 1. The highest BCUT2D eigenvalue weighted by Gasteiger charge is 2.17. The van der Waals surface area contributed by atoms with Crippen LogP contribution in [0.1, 0.15) is 23.2 Å². The second-order valence-corrected chi connectivity index (χ2v) is 4.31. The molecule has 1 aromatic rings. The molecule has 1 fully saturated rings. The molecule has 0 amide bonds. The van der Waals surface area contributed by atoms with Gasteiger partial charge in [-0.05, 0) is 38.1 Å². The molecule has 1 aromatic carbocycles. The van der Waals surface area contributed by atoms with Gasteiger partial charge in [-0.25, -0.2) is 4.39 Å². The molecule has 0 saturated carbocycles. The molecule has 0 aliphatic carbocycles. The minimum absolute atomic E-state index is 0.0839. The molecule has 1 aliphatic rings. The molecule has 0 unspecified atom stereocenters. The first-order valence-corrected chi connectivity index (χ1v) is 5.94. The molecule has 1 saturated heterocycles. The number of Topliss-reactive ketones (excluding diaryl/α,β-unsaturated/α-hetero) is 1. The highest BCUT2D eigenvalue weighted by molar-refractivity contribution is 5.97. The number of nitrogens with zero attached hydrogens (tertiary/aromatic N) is 1. The van der Waals surface area contributed by atoms with E-state index in [2.05, 4.69) is 5.32 Å². The lowest BCUT2D eigenvalue weighted by Gasteiger charge is -2.18. The summed E-state index contributed by atoms with van der Waals surface area (Å²) in [6.07, 6.45) is 2.22. The molecule has 0 radical (unpaired) electrons. The van der Waals surface area contributed by atoms with Crippen LogP contribution < -0.4 is 10.2 Å². The van der Waals surface area contributed by atoms with E-state index in [0.717, 1.165) is 25.9 Å². The monoisotopic (exact) mass is 236 g/mol. The Balaban J connectivity index is 2.19. The number of carbonyl (C=O) groups excluding carboxylic acids is 1. The van der Waals surface area contributed by atoms with Crippen LogP contribution in [-0.2, 0) is 0 Å². The first-order chi connectivity index (χ1) is 8.22. The van der Waals surface area contributed by atoms with Crippen LogP contribution in [0.4, 0.5) is 10.1 Å². The van der Waals surface area contributed by atoms with Gasteiger partial charge < -0.3 is 10.2 Å². The summed E-state index contributed by atoms with van der Waals surface area (Å²) in [6, 6.07) is 4.76. The van der Waals surface area contributed by atoms with E-state index in [1.54, 1.807) is 19.2 Å². The van der Waals surface area contributed by atoms with E-state index in [1.165, 1.54) is 6.07 Å². The second-order valence-electron chi connectivity index (χ2n) is 4.31. The summed E-state index contributed by atoms with van der Waals surface area (Å²) in [5.41, 5.74) is 1.04. The van der Waals surface area contributed by atoms with Gasteiger partial charge in [-0.1, -0.05) is 0 Å². The molecule has 17 heavy (non-hydrogen) atoms. The van der Waals surface area contributed by atoms with Crippen molar-refractivity contribution in [3.63, 3.8) is 0 Å². The quantitative estimate of drug-likeness (QED) is 0.809. The third-order valence-electron chi connectivity index (χ3n) is 3.05. The van der Waals surface area contributed by atoms with Gasteiger partial charge in [-0.3, -0.25) is 4.79 Å². The van der Waals surface area contributed by atoms with Crippen molar-refractivity contribution in [2.75, 3.05) is 31.6 Å². The van der Waals surface area contributed by atoms with Crippen LogP contribution in [0.3, 0.4) is 0 Å². The number of likely N-dealkylation sites (N-methyl/N-ethyl adjacent to an activating group) is 1. The molecule has 3 nitrogen and oxygen atoms in total. The Morgan fingerprint density at radius 1 is 1.41 bits per heavy atom. The maximum atomic E-state index is 13.9. The molecule has 0 bridgehead atoms. The Bertz CT molecular complexity index is 414. The Morgan fingerprint density at radius 3 is 2.71 bits per heavy atom. The molecule has 2 rings (SSSR count). The first kappa shape index (κ1) is 12.0. The van der Waals surface area contributed by atoms with Crippen LogP contribution in [-0.4, -0.2) is 32.5 Å². The third-order valence-corrected chi connectivity index (χ3v) is 3.05. The normalized spacial score (nSPS) is 15.3. The van der Waals surface area contributed by atoms with Crippen molar-refractivity contribution in [3.8, 4) is 0 Å². The summed E-state index contributed by atoms with van der Waals surface area (Å²) in [6.45, 7) is 2.05. The highest BCUT2D eigenvalue weighted by Crippen LogP contribution is 2.24. The fourth-order valence-corrected chi connectivity index (χ4v) is 2.16. The van der Waals surface area contributed by atoms with Gasteiger partial charge in [0, 0.05) is 18.7 Å². The maximum Gasteiger partial charge on any atom is 0.176 e. The van der Waals surface area contributed by atoms with Crippen molar-refractivity contribution >= 4 is 11.5 Å². The lowest BCUT2D eigenvalue weighted by Crippen LogP contribution is -2.21. The SMILES string of the molecule is CNCC(=O)c1ccc(N2CCCC2)c(F)c1. The zero-order valence-electron chi connectivity index (χ0n) is 10.0. The minimum Gasteiger partial charge on any atom is -0.369 e. The molecule has 4 heteroatoms. The molecule has 92 valence electrons. The molecule has 1 aliphatic heterocycles. The van der Waals surface area contributed by atoms with Crippen LogP contribution in [0.2, 0.25) is 0 Å². The molecule has 1 N–H and O–H groups in total. The minimum atomic E-state index is -0.297. The largest absolute Gasteiger partial charge is 0.369 e. The van der Waals surface area contributed by atoms with E-state index < -0.39 is 0 Å². The standard InChI is InChI=1S/C13H17FN2O/c1-15-9-13(17)10-4-5-12(11(14)8-10)16-6-2-3-7-16/h4-5,8,15H,2-3,6-7,9H2,1H3. The molecule has 0 atom stereocenters. The summed E-state index contributed by atoms with van der Waals surface area (Å²) in [4.78, 5) is 13.6. The van der Waals surface area contributed by atoms with Crippen molar-refractivity contribution in [3.05, 3.63) is 29.6 Å². The Labute approximate surface area is 101 Å². The summed E-state index contributed by atoms with van der Waals surface area (Å²) in [7, 11) is 1.70. The second kappa shape index (κ2) is 5.27. The van der Waals surface area contributed by atoms with Crippen molar-refractivity contribution in [1.29, 1.82) is 0 Å². The fourth-order valence-electron chi connectivity index (χ4n) is 2.16. The van der Waals surface area contributed by atoms with Crippen LogP contribution >= 0.6 is 0 Å². The maximum absolute atomic E-state index is 13.9. The van der Waals surface area contributed by atoms with Crippen molar-refractivity contribution in [1.82, 2.24) is 5.32 Å². The van der Waals surface area contributed by atoms with Crippen LogP contribution in [0.15, 0.2) is 18.2 Å². The van der Waals surface area contributed by atoms with Gasteiger partial charge in [-0.15, -0.1) is 0 Å².